The Hall–Kier alpha value is -1.71. The van der Waals surface area contributed by atoms with Crippen molar-refractivity contribution in [3.63, 3.8) is 0 Å². The van der Waals surface area contributed by atoms with Crippen molar-refractivity contribution in [2.45, 2.75) is 0 Å². The van der Waals surface area contributed by atoms with Crippen molar-refractivity contribution in [3.8, 4) is 5.75 Å². The number of phenolic OH excluding ortho intramolecular Hbond substituents is 1. The lowest BCUT2D eigenvalue weighted by Crippen LogP contribution is -2.34. The fourth-order valence-corrected chi connectivity index (χ4v) is 0.961. The van der Waals surface area contributed by atoms with Crippen molar-refractivity contribution in [2.24, 2.45) is 0 Å². The lowest BCUT2D eigenvalue weighted by Gasteiger charge is -2.16. The van der Waals surface area contributed by atoms with Gasteiger partial charge < -0.3 is 10.4 Å². The molecule has 0 aromatic heterocycles. The van der Waals surface area contributed by atoms with Crippen LogP contribution in [0.3, 0.4) is 0 Å². The third-order valence-corrected chi connectivity index (χ3v) is 1.76. The van der Waals surface area contributed by atoms with Crippen molar-refractivity contribution in [1.29, 1.82) is 0 Å². The van der Waals surface area contributed by atoms with E-state index in [2.05, 4.69) is 5.32 Å². The van der Waals surface area contributed by atoms with Crippen LogP contribution in [0.15, 0.2) is 24.3 Å². The molecule has 0 radical (unpaired) electrons. The van der Waals surface area contributed by atoms with Gasteiger partial charge >= 0.3 is 6.03 Å². The van der Waals surface area contributed by atoms with Gasteiger partial charge in [0.05, 0.1) is 0 Å². The Balaban J connectivity index is 2.83. The second kappa shape index (κ2) is 3.80. The molecule has 1 aromatic rings. The number of urea groups is 1. The zero-order chi connectivity index (χ0) is 9.84. The van der Waals surface area contributed by atoms with Gasteiger partial charge in [-0.2, -0.15) is 0 Å². The number of hydrogen-bond donors (Lipinski definition) is 2. The highest BCUT2D eigenvalue weighted by molar-refractivity contribution is 5.91. The minimum Gasteiger partial charge on any atom is -0.508 e. The normalized spacial score (nSPS) is 9.38. The summed E-state index contributed by atoms with van der Waals surface area (Å²) >= 11 is 0. The van der Waals surface area contributed by atoms with Crippen LogP contribution in [0.5, 0.6) is 5.75 Å². The zero-order valence-electron chi connectivity index (χ0n) is 7.61. The largest absolute Gasteiger partial charge is 0.508 e. The van der Waals surface area contributed by atoms with Crippen LogP contribution in [0, 0.1) is 0 Å². The van der Waals surface area contributed by atoms with Gasteiger partial charge in [0.1, 0.15) is 5.75 Å². The van der Waals surface area contributed by atoms with E-state index in [9.17, 15) is 4.79 Å². The maximum absolute atomic E-state index is 11.1. The van der Waals surface area contributed by atoms with Crippen LogP contribution in [0.25, 0.3) is 0 Å². The van der Waals surface area contributed by atoms with Crippen LogP contribution in [0.4, 0.5) is 10.5 Å². The molecule has 0 saturated carbocycles. The molecule has 1 rings (SSSR count). The second-order valence-electron chi connectivity index (χ2n) is 2.63. The summed E-state index contributed by atoms with van der Waals surface area (Å²) in [4.78, 5) is 12.6. The van der Waals surface area contributed by atoms with E-state index in [1.54, 1.807) is 26.2 Å². The molecule has 0 bridgehead atoms. The third kappa shape index (κ3) is 2.11. The number of carbonyl (C=O) groups excluding carboxylic acids is 1. The minimum absolute atomic E-state index is 0.189. The smallest absolute Gasteiger partial charge is 0.321 e. The number of anilines is 1. The van der Waals surface area contributed by atoms with Gasteiger partial charge in [-0.25, -0.2) is 4.79 Å². The molecule has 0 unspecified atom stereocenters. The van der Waals surface area contributed by atoms with Gasteiger partial charge in [-0.15, -0.1) is 0 Å². The van der Waals surface area contributed by atoms with E-state index in [1.165, 1.54) is 17.0 Å². The Morgan fingerprint density at radius 2 is 1.92 bits per heavy atom. The van der Waals surface area contributed by atoms with E-state index < -0.39 is 0 Å². The molecule has 2 amide bonds. The molecule has 1 aromatic carbocycles. The number of aromatic hydroxyl groups is 1. The molecule has 2 N–H and O–H groups in total. The minimum atomic E-state index is -0.189. The summed E-state index contributed by atoms with van der Waals surface area (Å²) in [5.74, 6) is 0.189. The van der Waals surface area contributed by atoms with E-state index in [1.807, 2.05) is 0 Å². The Labute approximate surface area is 76.8 Å². The van der Waals surface area contributed by atoms with E-state index in [0.717, 1.165) is 5.69 Å². The van der Waals surface area contributed by atoms with E-state index in [0.29, 0.717) is 0 Å². The van der Waals surface area contributed by atoms with Crippen LogP contribution in [0.2, 0.25) is 0 Å². The summed E-state index contributed by atoms with van der Waals surface area (Å²) in [6, 6.07) is 6.23. The molecule has 4 nitrogen and oxygen atoms in total. The molecule has 13 heavy (non-hydrogen) atoms. The summed E-state index contributed by atoms with van der Waals surface area (Å²) in [6.07, 6.45) is 0. The first-order valence-electron chi connectivity index (χ1n) is 3.89. The molecule has 0 aliphatic carbocycles. The Morgan fingerprint density at radius 3 is 2.38 bits per heavy atom. The molecule has 0 heterocycles. The molecule has 4 heteroatoms. The molecular weight excluding hydrogens is 168 g/mol. The molecule has 0 atom stereocenters. The summed E-state index contributed by atoms with van der Waals surface area (Å²) in [7, 11) is 3.23. The maximum atomic E-state index is 11.1. The molecule has 0 spiro atoms. The van der Waals surface area contributed by atoms with Gasteiger partial charge in [-0.3, -0.25) is 4.90 Å². The Kier molecular flexibility index (Phi) is 2.74. The highest BCUT2D eigenvalue weighted by Gasteiger charge is 2.07. The summed E-state index contributed by atoms with van der Waals surface area (Å²) in [5.41, 5.74) is 0.733. The molecular formula is C9H12N2O2. The summed E-state index contributed by atoms with van der Waals surface area (Å²) < 4.78 is 0. The van der Waals surface area contributed by atoms with E-state index >= 15 is 0 Å². The average Bonchev–Trinajstić information content (AvgIpc) is 2.17. The topological polar surface area (TPSA) is 52.6 Å². The SMILES string of the molecule is CNC(=O)N(C)c1ccc(O)cc1. The van der Waals surface area contributed by atoms with Crippen LogP contribution in [-0.4, -0.2) is 25.2 Å². The molecule has 70 valence electrons. The number of nitrogens with zero attached hydrogens (tertiary/aromatic N) is 1. The number of phenols is 1. The molecule has 0 fully saturated rings. The first-order valence-corrected chi connectivity index (χ1v) is 3.89. The summed E-state index contributed by atoms with van der Waals surface area (Å²) in [5, 5.41) is 11.5. The number of hydrogen-bond acceptors (Lipinski definition) is 2. The quantitative estimate of drug-likeness (QED) is 0.681. The lowest BCUT2D eigenvalue weighted by atomic mass is 10.3. The Morgan fingerprint density at radius 1 is 1.38 bits per heavy atom. The molecule has 0 aliphatic heterocycles. The van der Waals surface area contributed by atoms with Gasteiger partial charge in [0.2, 0.25) is 0 Å². The average molecular weight is 180 g/mol. The van der Waals surface area contributed by atoms with Gasteiger partial charge in [-0.1, -0.05) is 0 Å². The third-order valence-electron chi connectivity index (χ3n) is 1.76. The van der Waals surface area contributed by atoms with Gasteiger partial charge in [0.25, 0.3) is 0 Å². The van der Waals surface area contributed by atoms with Crippen molar-refractivity contribution in [2.75, 3.05) is 19.0 Å². The maximum Gasteiger partial charge on any atom is 0.321 e. The monoisotopic (exact) mass is 180 g/mol. The number of carbonyl (C=O) groups is 1. The number of benzene rings is 1. The van der Waals surface area contributed by atoms with Gasteiger partial charge in [-0.05, 0) is 24.3 Å². The predicted octanol–water partition coefficient (Wildman–Crippen LogP) is 1.17. The number of nitrogens with one attached hydrogen (secondary N) is 1. The molecule has 0 aliphatic rings. The van der Waals surface area contributed by atoms with Crippen molar-refractivity contribution in [1.82, 2.24) is 5.32 Å². The van der Waals surface area contributed by atoms with E-state index in [-0.39, 0.29) is 11.8 Å². The Bertz CT molecular complexity index is 295. The van der Waals surface area contributed by atoms with Crippen LogP contribution in [0.1, 0.15) is 0 Å². The highest BCUT2D eigenvalue weighted by Crippen LogP contribution is 2.16. The second-order valence-corrected chi connectivity index (χ2v) is 2.63. The highest BCUT2D eigenvalue weighted by atomic mass is 16.3. The molecule has 0 saturated heterocycles. The fraction of sp³-hybridized carbons (Fsp3) is 0.222. The first-order chi connectivity index (χ1) is 6.15. The fourth-order valence-electron chi connectivity index (χ4n) is 0.961. The van der Waals surface area contributed by atoms with E-state index in [4.69, 9.17) is 5.11 Å². The number of rotatable bonds is 1. The van der Waals surface area contributed by atoms with Crippen LogP contribution in [-0.2, 0) is 0 Å². The zero-order valence-corrected chi connectivity index (χ0v) is 7.61. The lowest BCUT2D eigenvalue weighted by molar-refractivity contribution is 0.249. The van der Waals surface area contributed by atoms with Crippen molar-refractivity contribution < 1.29 is 9.90 Å². The predicted molar refractivity (Wildman–Crippen MR) is 51.0 cm³/mol. The van der Waals surface area contributed by atoms with Crippen LogP contribution < -0.4 is 10.2 Å². The van der Waals surface area contributed by atoms with Gasteiger partial charge in [0, 0.05) is 19.8 Å². The summed E-state index contributed by atoms with van der Waals surface area (Å²) in [6.45, 7) is 0. The van der Waals surface area contributed by atoms with Crippen molar-refractivity contribution >= 4 is 11.7 Å². The standard InChI is InChI=1S/C9H12N2O2/c1-10-9(13)11(2)7-3-5-8(12)6-4-7/h3-6,12H,1-2H3,(H,10,13). The first kappa shape index (κ1) is 9.38. The van der Waals surface area contributed by atoms with Crippen molar-refractivity contribution in [3.05, 3.63) is 24.3 Å². The van der Waals surface area contributed by atoms with Gasteiger partial charge in [0.15, 0.2) is 0 Å². The van der Waals surface area contributed by atoms with Crippen LogP contribution >= 0.6 is 0 Å². The number of amides is 2.